The molecule has 0 saturated heterocycles. The molecule has 0 aliphatic heterocycles. The number of benzene rings is 2. The van der Waals surface area contributed by atoms with Gasteiger partial charge < -0.3 is 5.11 Å². The van der Waals surface area contributed by atoms with Crippen molar-refractivity contribution in [1.82, 2.24) is 0 Å². The monoisotopic (exact) mass is 236 g/mol. The van der Waals surface area contributed by atoms with E-state index in [9.17, 15) is 5.11 Å². The highest BCUT2D eigenvalue weighted by atomic mass is 16.3. The molecule has 0 spiro atoms. The standard InChI is InChI=1S/C17H16O/c1-17(2,18)16-11-7-6-10-15(16)13-12-14-8-4-3-5-9-14/h3-11,18H,1-2H3. The molecule has 0 saturated carbocycles. The van der Waals surface area contributed by atoms with Gasteiger partial charge in [-0.25, -0.2) is 0 Å². The molecule has 1 nitrogen and oxygen atoms in total. The summed E-state index contributed by atoms with van der Waals surface area (Å²) in [6.45, 7) is 3.55. The van der Waals surface area contributed by atoms with Crippen LogP contribution < -0.4 is 0 Å². The zero-order valence-corrected chi connectivity index (χ0v) is 10.6. The second kappa shape index (κ2) is 5.08. The van der Waals surface area contributed by atoms with Gasteiger partial charge in [0, 0.05) is 11.1 Å². The van der Waals surface area contributed by atoms with E-state index in [2.05, 4.69) is 11.8 Å². The minimum absolute atomic E-state index is 0.855. The second-order valence-corrected chi connectivity index (χ2v) is 4.72. The Labute approximate surface area is 108 Å². The zero-order chi connectivity index (χ0) is 13.0. The van der Waals surface area contributed by atoms with Crippen molar-refractivity contribution in [1.29, 1.82) is 0 Å². The van der Waals surface area contributed by atoms with Crippen LogP contribution in [0.25, 0.3) is 0 Å². The van der Waals surface area contributed by atoms with Crippen LogP contribution in [-0.4, -0.2) is 5.11 Å². The van der Waals surface area contributed by atoms with E-state index in [1.54, 1.807) is 13.8 Å². The lowest BCUT2D eigenvalue weighted by molar-refractivity contribution is 0.0783. The third-order valence-corrected chi connectivity index (χ3v) is 2.70. The molecule has 0 fully saturated rings. The molecule has 0 radical (unpaired) electrons. The summed E-state index contributed by atoms with van der Waals surface area (Å²) in [6, 6.07) is 17.5. The first-order valence-corrected chi connectivity index (χ1v) is 5.96. The average molecular weight is 236 g/mol. The van der Waals surface area contributed by atoms with E-state index in [0.717, 1.165) is 16.7 Å². The van der Waals surface area contributed by atoms with Crippen molar-refractivity contribution >= 4 is 0 Å². The fourth-order valence-corrected chi connectivity index (χ4v) is 1.79. The highest BCUT2D eigenvalue weighted by Gasteiger charge is 2.18. The fraction of sp³-hybridized carbons (Fsp3) is 0.176. The molecule has 0 atom stereocenters. The molecule has 0 unspecified atom stereocenters. The second-order valence-electron chi connectivity index (χ2n) is 4.72. The van der Waals surface area contributed by atoms with E-state index >= 15 is 0 Å². The Kier molecular flexibility index (Phi) is 3.50. The number of hydrogen-bond acceptors (Lipinski definition) is 1. The third kappa shape index (κ3) is 3.00. The van der Waals surface area contributed by atoms with Gasteiger partial charge in [-0.1, -0.05) is 48.2 Å². The maximum atomic E-state index is 10.1. The molecule has 18 heavy (non-hydrogen) atoms. The molecule has 2 rings (SSSR count). The van der Waals surface area contributed by atoms with Crippen molar-refractivity contribution < 1.29 is 5.11 Å². The molecule has 0 aliphatic carbocycles. The van der Waals surface area contributed by atoms with Crippen LogP contribution in [-0.2, 0) is 5.60 Å². The predicted molar refractivity (Wildman–Crippen MR) is 74.1 cm³/mol. The molecule has 90 valence electrons. The lowest BCUT2D eigenvalue weighted by Gasteiger charge is -2.19. The molecule has 1 heteroatoms. The lowest BCUT2D eigenvalue weighted by atomic mass is 9.93. The minimum atomic E-state index is -0.873. The molecule has 2 aromatic carbocycles. The number of hydrogen-bond donors (Lipinski definition) is 1. The highest BCUT2D eigenvalue weighted by Crippen LogP contribution is 2.22. The Balaban J connectivity index is 2.39. The van der Waals surface area contributed by atoms with Crippen LogP contribution in [0.15, 0.2) is 54.6 Å². The summed E-state index contributed by atoms with van der Waals surface area (Å²) in [4.78, 5) is 0. The summed E-state index contributed by atoms with van der Waals surface area (Å²) in [7, 11) is 0. The van der Waals surface area contributed by atoms with Crippen molar-refractivity contribution in [3.05, 3.63) is 71.3 Å². The molecule has 0 aliphatic rings. The average Bonchev–Trinajstić information content (AvgIpc) is 2.37. The van der Waals surface area contributed by atoms with Crippen LogP contribution in [0.3, 0.4) is 0 Å². The summed E-state index contributed by atoms with van der Waals surface area (Å²) in [5.74, 6) is 6.24. The Bertz CT molecular complexity index is 580. The molecular weight excluding hydrogens is 220 g/mol. The topological polar surface area (TPSA) is 20.2 Å². The van der Waals surface area contributed by atoms with Gasteiger partial charge in [0.05, 0.1) is 5.60 Å². The number of rotatable bonds is 1. The van der Waals surface area contributed by atoms with Gasteiger partial charge in [0.15, 0.2) is 0 Å². The van der Waals surface area contributed by atoms with Crippen molar-refractivity contribution in [3.63, 3.8) is 0 Å². The Morgan fingerprint density at radius 3 is 2.11 bits per heavy atom. The Hall–Kier alpha value is -2.04. The molecule has 1 N–H and O–H groups in total. The Morgan fingerprint density at radius 2 is 1.44 bits per heavy atom. The van der Waals surface area contributed by atoms with E-state index in [4.69, 9.17) is 0 Å². The van der Waals surface area contributed by atoms with Crippen LogP contribution in [0.2, 0.25) is 0 Å². The van der Waals surface area contributed by atoms with E-state index in [0.29, 0.717) is 0 Å². The van der Waals surface area contributed by atoms with Crippen LogP contribution in [0, 0.1) is 11.8 Å². The first-order chi connectivity index (χ1) is 8.57. The van der Waals surface area contributed by atoms with Gasteiger partial charge in [-0.3, -0.25) is 0 Å². The first kappa shape index (κ1) is 12.4. The summed E-state index contributed by atoms with van der Waals surface area (Å²) in [5, 5.41) is 10.1. The molecule has 0 heterocycles. The summed E-state index contributed by atoms with van der Waals surface area (Å²) in [6.07, 6.45) is 0. The first-order valence-electron chi connectivity index (χ1n) is 5.96. The van der Waals surface area contributed by atoms with Gasteiger partial charge in [0.2, 0.25) is 0 Å². The van der Waals surface area contributed by atoms with Gasteiger partial charge in [-0.2, -0.15) is 0 Å². The molecular formula is C17H16O. The molecule has 0 aromatic heterocycles. The van der Waals surface area contributed by atoms with Crippen LogP contribution in [0.1, 0.15) is 30.5 Å². The van der Waals surface area contributed by atoms with Gasteiger partial charge in [-0.05, 0) is 37.6 Å². The van der Waals surface area contributed by atoms with Crippen molar-refractivity contribution in [2.45, 2.75) is 19.4 Å². The van der Waals surface area contributed by atoms with Crippen molar-refractivity contribution in [3.8, 4) is 11.8 Å². The Morgan fingerprint density at radius 1 is 0.833 bits per heavy atom. The highest BCUT2D eigenvalue weighted by molar-refractivity contribution is 5.47. The lowest BCUT2D eigenvalue weighted by Crippen LogP contribution is -2.17. The molecule has 2 aromatic rings. The van der Waals surface area contributed by atoms with E-state index < -0.39 is 5.60 Å². The van der Waals surface area contributed by atoms with Gasteiger partial charge in [0.25, 0.3) is 0 Å². The van der Waals surface area contributed by atoms with Crippen LogP contribution >= 0.6 is 0 Å². The van der Waals surface area contributed by atoms with Crippen molar-refractivity contribution in [2.75, 3.05) is 0 Å². The summed E-state index contributed by atoms with van der Waals surface area (Å²) in [5.41, 5.74) is 1.83. The fourth-order valence-electron chi connectivity index (χ4n) is 1.79. The van der Waals surface area contributed by atoms with E-state index in [1.165, 1.54) is 0 Å². The van der Waals surface area contributed by atoms with Crippen molar-refractivity contribution in [2.24, 2.45) is 0 Å². The number of aliphatic hydroxyl groups is 1. The summed E-state index contributed by atoms with van der Waals surface area (Å²) < 4.78 is 0. The van der Waals surface area contributed by atoms with Crippen LogP contribution in [0.5, 0.6) is 0 Å². The SMILES string of the molecule is CC(C)(O)c1ccccc1C#Cc1ccccc1. The molecule has 0 bridgehead atoms. The van der Waals surface area contributed by atoms with Gasteiger partial charge >= 0.3 is 0 Å². The van der Waals surface area contributed by atoms with Gasteiger partial charge in [-0.15, -0.1) is 0 Å². The quantitative estimate of drug-likeness (QED) is 0.753. The molecule has 0 amide bonds. The van der Waals surface area contributed by atoms with Crippen LogP contribution in [0.4, 0.5) is 0 Å². The van der Waals surface area contributed by atoms with E-state index in [-0.39, 0.29) is 0 Å². The largest absolute Gasteiger partial charge is 0.386 e. The normalized spacial score (nSPS) is 10.6. The van der Waals surface area contributed by atoms with Gasteiger partial charge in [0.1, 0.15) is 0 Å². The summed E-state index contributed by atoms with van der Waals surface area (Å²) >= 11 is 0. The van der Waals surface area contributed by atoms with E-state index in [1.807, 2.05) is 54.6 Å². The maximum Gasteiger partial charge on any atom is 0.0852 e. The zero-order valence-electron chi connectivity index (χ0n) is 10.6. The third-order valence-electron chi connectivity index (χ3n) is 2.70. The predicted octanol–water partition coefficient (Wildman–Crippen LogP) is 3.31. The smallest absolute Gasteiger partial charge is 0.0852 e. The minimum Gasteiger partial charge on any atom is -0.386 e. The maximum absolute atomic E-state index is 10.1.